The van der Waals surface area contributed by atoms with Crippen LogP contribution < -0.4 is 11.2 Å². The zero-order valence-corrected chi connectivity index (χ0v) is 20.4. The van der Waals surface area contributed by atoms with E-state index in [2.05, 4.69) is 53.5 Å². The third-order valence-corrected chi connectivity index (χ3v) is 6.73. The molecule has 4 rings (SSSR count). The van der Waals surface area contributed by atoms with Crippen LogP contribution in [0, 0.1) is 0 Å². The predicted octanol–water partition coefficient (Wildman–Crippen LogP) is 4.31. The molecule has 1 aromatic carbocycles. The van der Waals surface area contributed by atoms with Crippen molar-refractivity contribution < 1.29 is 0 Å². The zero-order chi connectivity index (χ0) is 23.5. The van der Waals surface area contributed by atoms with E-state index in [0.717, 1.165) is 29.5 Å². The number of fused-ring (bicyclic) bond motifs is 1. The van der Waals surface area contributed by atoms with Crippen LogP contribution in [0.3, 0.4) is 0 Å². The quantitative estimate of drug-likeness (QED) is 0.371. The van der Waals surface area contributed by atoms with Gasteiger partial charge in [-0.15, -0.1) is 0 Å². The predicted molar refractivity (Wildman–Crippen MR) is 132 cm³/mol. The van der Waals surface area contributed by atoms with Gasteiger partial charge < -0.3 is 4.57 Å². The molecule has 0 amide bonds. The first-order valence-corrected chi connectivity index (χ1v) is 12.4. The van der Waals surface area contributed by atoms with Crippen LogP contribution in [0.5, 0.6) is 0 Å². The number of para-hydroxylation sites is 1. The van der Waals surface area contributed by atoms with Crippen LogP contribution >= 0.6 is 11.8 Å². The molecule has 3 aromatic heterocycles. The lowest BCUT2D eigenvalue weighted by atomic mass is 10.0. The second-order valence-electron chi connectivity index (χ2n) is 8.29. The third kappa shape index (κ3) is 4.42. The second-order valence-corrected chi connectivity index (χ2v) is 9.23. The van der Waals surface area contributed by atoms with Gasteiger partial charge in [0.05, 0.1) is 11.4 Å². The number of unbranched alkanes of at least 4 members (excludes halogenated alkanes) is 1. The molecule has 0 spiro atoms. The van der Waals surface area contributed by atoms with Gasteiger partial charge in [-0.1, -0.05) is 57.2 Å². The fourth-order valence-electron chi connectivity index (χ4n) is 4.10. The van der Waals surface area contributed by atoms with Gasteiger partial charge in [0.1, 0.15) is 5.82 Å². The standard InChI is InChI=1S/C24H30N6O2S/c1-5-7-13-30-21-20(22(31)27-23(30)32)28(6-2)19(26-21)15-33-24-25-12-14-29(24)18-11-9-8-10-17(18)16(3)4/h8-12,14,16H,5-7,13,15H2,1-4H3,(H,27,31,32). The number of H-pyrrole nitrogens is 1. The Morgan fingerprint density at radius 3 is 2.64 bits per heavy atom. The van der Waals surface area contributed by atoms with Crippen molar-refractivity contribution in [1.29, 1.82) is 0 Å². The minimum atomic E-state index is -0.401. The molecule has 4 aromatic rings. The Bertz CT molecular complexity index is 1380. The Hall–Kier alpha value is -3.07. The van der Waals surface area contributed by atoms with Crippen molar-refractivity contribution >= 4 is 22.9 Å². The molecule has 0 saturated carbocycles. The molecule has 0 aliphatic rings. The van der Waals surface area contributed by atoms with E-state index in [1.165, 1.54) is 5.56 Å². The molecule has 0 atom stereocenters. The van der Waals surface area contributed by atoms with Gasteiger partial charge in [0, 0.05) is 25.5 Å². The van der Waals surface area contributed by atoms with Crippen LogP contribution in [0.2, 0.25) is 0 Å². The average Bonchev–Trinajstić information content (AvgIpc) is 3.42. The van der Waals surface area contributed by atoms with E-state index in [9.17, 15) is 9.59 Å². The highest BCUT2D eigenvalue weighted by Crippen LogP contribution is 2.29. The van der Waals surface area contributed by atoms with Gasteiger partial charge in [0.15, 0.2) is 16.3 Å². The highest BCUT2D eigenvalue weighted by molar-refractivity contribution is 7.98. The fraction of sp³-hybridized carbons (Fsp3) is 0.417. The molecule has 0 unspecified atom stereocenters. The van der Waals surface area contributed by atoms with E-state index in [-0.39, 0.29) is 5.56 Å². The van der Waals surface area contributed by atoms with Crippen molar-refractivity contribution in [2.24, 2.45) is 0 Å². The van der Waals surface area contributed by atoms with E-state index in [1.807, 2.05) is 23.8 Å². The number of thioether (sulfide) groups is 1. The number of nitrogens with zero attached hydrogens (tertiary/aromatic N) is 5. The Morgan fingerprint density at radius 2 is 1.91 bits per heavy atom. The SMILES string of the molecule is CCCCn1c(=O)[nH]c(=O)c2c1nc(CSc1nccn1-c1ccccc1C(C)C)n2CC. The zero-order valence-electron chi connectivity index (χ0n) is 19.5. The Balaban J connectivity index is 1.71. The maximum atomic E-state index is 12.6. The summed E-state index contributed by atoms with van der Waals surface area (Å²) in [7, 11) is 0. The van der Waals surface area contributed by atoms with Gasteiger partial charge in [0.25, 0.3) is 5.56 Å². The third-order valence-electron chi connectivity index (χ3n) is 5.77. The maximum absolute atomic E-state index is 12.6. The van der Waals surface area contributed by atoms with Crippen LogP contribution in [0.4, 0.5) is 0 Å². The minimum absolute atomic E-state index is 0.386. The summed E-state index contributed by atoms with van der Waals surface area (Å²) >= 11 is 1.57. The van der Waals surface area contributed by atoms with Gasteiger partial charge >= 0.3 is 5.69 Å². The van der Waals surface area contributed by atoms with Crippen LogP contribution in [-0.4, -0.2) is 28.7 Å². The molecule has 0 aliphatic carbocycles. The summed E-state index contributed by atoms with van der Waals surface area (Å²) in [6.07, 6.45) is 5.57. The molecule has 0 saturated heterocycles. The van der Waals surface area contributed by atoms with Crippen molar-refractivity contribution in [3.8, 4) is 5.69 Å². The number of aromatic amines is 1. The van der Waals surface area contributed by atoms with Gasteiger partial charge in [-0.25, -0.2) is 14.8 Å². The lowest BCUT2D eigenvalue weighted by Crippen LogP contribution is -2.31. The van der Waals surface area contributed by atoms with E-state index in [4.69, 9.17) is 4.98 Å². The summed E-state index contributed by atoms with van der Waals surface area (Å²) in [5.41, 5.74) is 2.49. The summed E-state index contributed by atoms with van der Waals surface area (Å²) in [6.45, 7) is 9.54. The number of aromatic nitrogens is 6. The van der Waals surface area contributed by atoms with Crippen molar-refractivity contribution in [1.82, 2.24) is 28.7 Å². The number of nitrogens with one attached hydrogen (secondary N) is 1. The normalized spacial score (nSPS) is 11.7. The number of benzene rings is 1. The number of rotatable bonds is 9. The van der Waals surface area contributed by atoms with Gasteiger partial charge in [-0.05, 0) is 30.9 Å². The Morgan fingerprint density at radius 1 is 1.12 bits per heavy atom. The van der Waals surface area contributed by atoms with Crippen molar-refractivity contribution in [2.45, 2.75) is 70.5 Å². The molecule has 9 heteroatoms. The molecular formula is C24H30N6O2S. The molecule has 0 bridgehead atoms. The molecule has 0 fully saturated rings. The molecule has 0 aliphatic heterocycles. The van der Waals surface area contributed by atoms with Crippen LogP contribution in [0.25, 0.3) is 16.9 Å². The minimum Gasteiger partial charge on any atom is -0.322 e. The smallest absolute Gasteiger partial charge is 0.322 e. The highest BCUT2D eigenvalue weighted by Gasteiger charge is 2.19. The van der Waals surface area contributed by atoms with Gasteiger partial charge in [0.2, 0.25) is 0 Å². The summed E-state index contributed by atoms with van der Waals surface area (Å²) < 4.78 is 5.59. The summed E-state index contributed by atoms with van der Waals surface area (Å²) in [4.78, 5) is 36.9. The van der Waals surface area contributed by atoms with E-state index in [1.54, 1.807) is 22.5 Å². The fourth-order valence-corrected chi connectivity index (χ4v) is 5.01. The summed E-state index contributed by atoms with van der Waals surface area (Å²) in [5.74, 6) is 1.67. The lowest BCUT2D eigenvalue weighted by Gasteiger charge is -2.15. The number of hydrogen-bond acceptors (Lipinski definition) is 5. The summed E-state index contributed by atoms with van der Waals surface area (Å²) in [6, 6.07) is 8.34. The van der Waals surface area contributed by atoms with Crippen LogP contribution in [0.15, 0.2) is 51.4 Å². The Kier molecular flexibility index (Phi) is 6.88. The molecule has 174 valence electrons. The van der Waals surface area contributed by atoms with Crippen molar-refractivity contribution in [3.63, 3.8) is 0 Å². The largest absolute Gasteiger partial charge is 0.330 e. The average molecular weight is 467 g/mol. The highest BCUT2D eigenvalue weighted by atomic mass is 32.2. The first kappa shape index (κ1) is 23.1. The van der Waals surface area contributed by atoms with Gasteiger partial charge in [-0.2, -0.15) is 0 Å². The molecule has 33 heavy (non-hydrogen) atoms. The topological polar surface area (TPSA) is 90.5 Å². The van der Waals surface area contributed by atoms with E-state index >= 15 is 0 Å². The molecule has 3 heterocycles. The first-order valence-electron chi connectivity index (χ1n) is 11.4. The molecule has 8 nitrogen and oxygen atoms in total. The second kappa shape index (κ2) is 9.82. The first-order chi connectivity index (χ1) is 16.0. The maximum Gasteiger partial charge on any atom is 0.330 e. The molecule has 0 radical (unpaired) electrons. The van der Waals surface area contributed by atoms with Crippen molar-refractivity contribution in [2.75, 3.05) is 0 Å². The number of aryl methyl sites for hydroxylation is 2. The number of imidazole rings is 2. The summed E-state index contributed by atoms with van der Waals surface area (Å²) in [5, 5.41) is 0.857. The molecule has 1 N–H and O–H groups in total. The van der Waals surface area contributed by atoms with Gasteiger partial charge in [-0.3, -0.25) is 18.9 Å². The van der Waals surface area contributed by atoms with Crippen LogP contribution in [-0.2, 0) is 18.8 Å². The molecular weight excluding hydrogens is 436 g/mol. The monoisotopic (exact) mass is 466 g/mol. The van der Waals surface area contributed by atoms with Crippen LogP contribution in [0.1, 0.15) is 57.8 Å². The lowest BCUT2D eigenvalue weighted by molar-refractivity contribution is 0.613. The van der Waals surface area contributed by atoms with E-state index < -0.39 is 5.69 Å². The van der Waals surface area contributed by atoms with E-state index in [0.29, 0.717) is 35.9 Å². The number of hydrogen-bond donors (Lipinski definition) is 1. The van der Waals surface area contributed by atoms with Crippen molar-refractivity contribution in [3.05, 3.63) is 68.9 Å². The Labute approximate surface area is 196 Å².